The molecule has 1 aliphatic rings. The molecule has 1 aromatic heterocycles. The lowest BCUT2D eigenvalue weighted by Crippen LogP contribution is -2.17. The van der Waals surface area contributed by atoms with E-state index in [-0.39, 0.29) is 22.9 Å². The van der Waals surface area contributed by atoms with E-state index in [0.29, 0.717) is 29.8 Å². The molecule has 1 aliphatic carbocycles. The zero-order valence-electron chi connectivity index (χ0n) is 13.2. The molecule has 126 valence electrons. The Morgan fingerprint density at radius 2 is 2.08 bits per heavy atom. The summed E-state index contributed by atoms with van der Waals surface area (Å²) in [6, 6.07) is 4.10. The number of anilines is 2. The van der Waals surface area contributed by atoms with Crippen LogP contribution < -0.4 is 15.8 Å². The van der Waals surface area contributed by atoms with Crippen LogP contribution in [-0.2, 0) is 6.42 Å². The summed E-state index contributed by atoms with van der Waals surface area (Å²) >= 11 is 0. The van der Waals surface area contributed by atoms with Crippen LogP contribution in [0.3, 0.4) is 0 Å². The Morgan fingerprint density at radius 3 is 2.79 bits per heavy atom. The SMILES string of the molecule is COc1ccc(NC(=O)c2c(N)[nH]c3c2C(=O)CCCC3)c(F)c1. The average molecular weight is 331 g/mol. The second-order valence-corrected chi connectivity index (χ2v) is 5.70. The zero-order chi connectivity index (χ0) is 17.3. The van der Waals surface area contributed by atoms with Gasteiger partial charge in [0, 0.05) is 18.2 Å². The van der Waals surface area contributed by atoms with Crippen molar-refractivity contribution in [1.82, 2.24) is 4.98 Å². The van der Waals surface area contributed by atoms with Gasteiger partial charge in [0.15, 0.2) is 5.78 Å². The summed E-state index contributed by atoms with van der Waals surface area (Å²) in [7, 11) is 1.43. The molecule has 24 heavy (non-hydrogen) atoms. The van der Waals surface area contributed by atoms with Crippen molar-refractivity contribution in [3.8, 4) is 5.75 Å². The first-order valence-electron chi connectivity index (χ1n) is 7.69. The van der Waals surface area contributed by atoms with Crippen LogP contribution in [0.2, 0.25) is 0 Å². The monoisotopic (exact) mass is 331 g/mol. The highest BCUT2D eigenvalue weighted by molar-refractivity contribution is 6.16. The van der Waals surface area contributed by atoms with E-state index < -0.39 is 11.7 Å². The van der Waals surface area contributed by atoms with E-state index >= 15 is 0 Å². The number of Topliss-reactive ketones (excluding diaryl/α,β-unsaturated/α-hetero) is 1. The highest BCUT2D eigenvalue weighted by Gasteiger charge is 2.28. The molecule has 6 nitrogen and oxygen atoms in total. The highest BCUT2D eigenvalue weighted by Crippen LogP contribution is 2.29. The van der Waals surface area contributed by atoms with E-state index in [9.17, 15) is 14.0 Å². The fourth-order valence-electron chi connectivity index (χ4n) is 2.93. The van der Waals surface area contributed by atoms with E-state index in [1.54, 1.807) is 0 Å². The maximum Gasteiger partial charge on any atom is 0.260 e. The van der Waals surface area contributed by atoms with Gasteiger partial charge < -0.3 is 20.8 Å². The predicted molar refractivity (Wildman–Crippen MR) is 88.0 cm³/mol. The number of aryl methyl sites for hydroxylation is 1. The Balaban J connectivity index is 1.94. The van der Waals surface area contributed by atoms with Crippen molar-refractivity contribution in [2.45, 2.75) is 25.7 Å². The molecule has 2 aromatic rings. The number of methoxy groups -OCH3 is 1. The number of halogens is 1. The smallest absolute Gasteiger partial charge is 0.260 e. The topological polar surface area (TPSA) is 97.2 Å². The van der Waals surface area contributed by atoms with Crippen molar-refractivity contribution < 1.29 is 18.7 Å². The predicted octanol–water partition coefficient (Wildman–Crippen LogP) is 2.91. The lowest BCUT2D eigenvalue weighted by atomic mass is 10.0. The Kier molecular flexibility index (Phi) is 4.24. The van der Waals surface area contributed by atoms with Crippen molar-refractivity contribution in [3.63, 3.8) is 0 Å². The molecule has 0 bridgehead atoms. The molecule has 0 saturated carbocycles. The number of ketones is 1. The standard InChI is InChI=1S/C17H18FN3O3/c1-24-9-6-7-11(10(18)8-9)21-17(23)15-14-12(20-16(15)19)4-2-3-5-13(14)22/h6-8,20H,2-5,19H2,1H3,(H,21,23). The molecule has 0 saturated heterocycles. The number of nitrogens with one attached hydrogen (secondary N) is 2. The van der Waals surface area contributed by atoms with Crippen molar-refractivity contribution >= 4 is 23.2 Å². The molecule has 1 amide bonds. The van der Waals surface area contributed by atoms with E-state index in [0.717, 1.165) is 12.8 Å². The van der Waals surface area contributed by atoms with E-state index in [4.69, 9.17) is 10.5 Å². The van der Waals surface area contributed by atoms with Crippen LogP contribution in [0.15, 0.2) is 18.2 Å². The van der Waals surface area contributed by atoms with Gasteiger partial charge in [-0.3, -0.25) is 9.59 Å². The first-order chi connectivity index (χ1) is 11.5. The van der Waals surface area contributed by atoms with Crippen LogP contribution in [0.4, 0.5) is 15.9 Å². The Labute approximate surface area is 138 Å². The second kappa shape index (κ2) is 6.35. The summed E-state index contributed by atoms with van der Waals surface area (Å²) in [6.45, 7) is 0. The van der Waals surface area contributed by atoms with Gasteiger partial charge in [-0.05, 0) is 31.4 Å². The summed E-state index contributed by atoms with van der Waals surface area (Å²) < 4.78 is 18.9. The number of nitrogen functional groups attached to an aromatic ring is 1. The number of carbonyl (C=O) groups excluding carboxylic acids is 2. The highest BCUT2D eigenvalue weighted by atomic mass is 19.1. The number of nitrogens with two attached hydrogens (primary N) is 1. The van der Waals surface area contributed by atoms with Gasteiger partial charge >= 0.3 is 0 Å². The minimum Gasteiger partial charge on any atom is -0.497 e. The summed E-state index contributed by atoms with van der Waals surface area (Å²) in [4.78, 5) is 27.8. The minimum absolute atomic E-state index is 0.00350. The maximum atomic E-state index is 14.0. The Morgan fingerprint density at radius 1 is 1.33 bits per heavy atom. The molecule has 0 fully saturated rings. The third-order valence-corrected chi connectivity index (χ3v) is 4.12. The molecule has 0 unspecified atom stereocenters. The number of hydrogen-bond donors (Lipinski definition) is 3. The largest absolute Gasteiger partial charge is 0.497 e. The fourth-order valence-corrected chi connectivity index (χ4v) is 2.93. The van der Waals surface area contributed by atoms with Gasteiger partial charge in [0.05, 0.1) is 23.9 Å². The molecule has 3 rings (SSSR count). The van der Waals surface area contributed by atoms with Crippen LogP contribution >= 0.6 is 0 Å². The van der Waals surface area contributed by atoms with Gasteiger partial charge in [0.1, 0.15) is 17.4 Å². The lowest BCUT2D eigenvalue weighted by molar-refractivity contribution is 0.0965. The first kappa shape index (κ1) is 16.0. The van der Waals surface area contributed by atoms with Crippen LogP contribution in [0, 0.1) is 5.82 Å². The number of benzene rings is 1. The number of fused-ring (bicyclic) bond motifs is 1. The van der Waals surface area contributed by atoms with Gasteiger partial charge in [-0.15, -0.1) is 0 Å². The van der Waals surface area contributed by atoms with Gasteiger partial charge in [0.2, 0.25) is 0 Å². The summed E-state index contributed by atoms with van der Waals surface area (Å²) in [5.41, 5.74) is 6.98. The van der Waals surface area contributed by atoms with Crippen molar-refractivity contribution in [2.75, 3.05) is 18.2 Å². The molecular formula is C17H18FN3O3. The minimum atomic E-state index is -0.630. The fraction of sp³-hybridized carbons (Fsp3) is 0.294. The Bertz CT molecular complexity index is 814. The van der Waals surface area contributed by atoms with Crippen molar-refractivity contribution in [3.05, 3.63) is 40.8 Å². The zero-order valence-corrected chi connectivity index (χ0v) is 13.2. The van der Waals surface area contributed by atoms with E-state index in [2.05, 4.69) is 10.3 Å². The summed E-state index contributed by atoms with van der Waals surface area (Å²) in [5, 5.41) is 2.47. The van der Waals surface area contributed by atoms with Crippen LogP contribution in [0.1, 0.15) is 45.7 Å². The number of rotatable bonds is 3. The van der Waals surface area contributed by atoms with Crippen LogP contribution in [0.25, 0.3) is 0 Å². The normalized spacial score (nSPS) is 14.0. The van der Waals surface area contributed by atoms with Crippen molar-refractivity contribution in [1.29, 1.82) is 0 Å². The van der Waals surface area contributed by atoms with Gasteiger partial charge in [-0.1, -0.05) is 0 Å². The second-order valence-electron chi connectivity index (χ2n) is 5.70. The number of amides is 1. The molecular weight excluding hydrogens is 313 g/mol. The molecule has 1 heterocycles. The lowest BCUT2D eigenvalue weighted by Gasteiger charge is -2.09. The molecule has 0 radical (unpaired) electrons. The van der Waals surface area contributed by atoms with Crippen molar-refractivity contribution in [2.24, 2.45) is 0 Å². The quantitative estimate of drug-likeness (QED) is 0.753. The third kappa shape index (κ3) is 2.84. The number of hydrogen-bond acceptors (Lipinski definition) is 4. The number of carbonyl (C=O) groups is 2. The number of ether oxygens (including phenoxy) is 1. The summed E-state index contributed by atoms with van der Waals surface area (Å²) in [5.74, 6) is -0.883. The van der Waals surface area contributed by atoms with Gasteiger partial charge in [-0.2, -0.15) is 0 Å². The van der Waals surface area contributed by atoms with E-state index in [1.165, 1.54) is 25.3 Å². The number of aromatic nitrogens is 1. The summed E-state index contributed by atoms with van der Waals surface area (Å²) in [6.07, 6.45) is 2.67. The molecule has 0 aliphatic heterocycles. The molecule has 1 aromatic carbocycles. The van der Waals surface area contributed by atoms with Gasteiger partial charge in [0.25, 0.3) is 5.91 Å². The molecule has 4 N–H and O–H groups in total. The molecule has 7 heteroatoms. The third-order valence-electron chi connectivity index (χ3n) is 4.12. The first-order valence-corrected chi connectivity index (χ1v) is 7.69. The number of H-pyrrole nitrogens is 1. The maximum absolute atomic E-state index is 14.0. The van der Waals surface area contributed by atoms with E-state index in [1.807, 2.05) is 0 Å². The van der Waals surface area contributed by atoms with Crippen LogP contribution in [0.5, 0.6) is 5.75 Å². The average Bonchev–Trinajstić information content (AvgIpc) is 2.79. The van der Waals surface area contributed by atoms with Crippen LogP contribution in [-0.4, -0.2) is 23.8 Å². The molecule has 0 atom stereocenters. The molecule has 0 spiro atoms. The Hall–Kier alpha value is -2.83. The number of aromatic amines is 1. The van der Waals surface area contributed by atoms with Gasteiger partial charge in [-0.25, -0.2) is 4.39 Å².